The molecule has 1 saturated carbocycles. The Labute approximate surface area is 122 Å². The predicted octanol–water partition coefficient (Wildman–Crippen LogP) is 2.48. The Balaban J connectivity index is 2.04. The highest BCUT2D eigenvalue weighted by Crippen LogP contribution is 2.40. The van der Waals surface area contributed by atoms with Crippen LogP contribution >= 0.6 is 0 Å². The molecule has 3 unspecified atom stereocenters. The largest absolute Gasteiger partial charge is 0.481 e. The molecule has 1 saturated heterocycles. The lowest BCUT2D eigenvalue weighted by Crippen LogP contribution is -2.31. The summed E-state index contributed by atoms with van der Waals surface area (Å²) in [5, 5.41) is 9.56. The van der Waals surface area contributed by atoms with E-state index in [9.17, 15) is 9.90 Å². The van der Waals surface area contributed by atoms with Gasteiger partial charge in [0.05, 0.1) is 12.5 Å². The minimum Gasteiger partial charge on any atom is -0.481 e. The van der Waals surface area contributed by atoms with Crippen molar-refractivity contribution in [2.75, 3.05) is 33.4 Å². The lowest BCUT2D eigenvalue weighted by atomic mass is 9.75. The Morgan fingerprint density at radius 2 is 1.95 bits per heavy atom. The summed E-state index contributed by atoms with van der Waals surface area (Å²) in [6.45, 7) is 5.52. The fourth-order valence-electron chi connectivity index (χ4n) is 4.17. The van der Waals surface area contributed by atoms with Gasteiger partial charge in [-0.15, -0.1) is 0 Å². The van der Waals surface area contributed by atoms with E-state index in [1.165, 1.54) is 32.1 Å². The van der Waals surface area contributed by atoms with Crippen LogP contribution in [-0.4, -0.2) is 49.3 Å². The number of hydrogen-bond donors (Lipinski definition) is 1. The van der Waals surface area contributed by atoms with Crippen LogP contribution in [0.5, 0.6) is 0 Å². The van der Waals surface area contributed by atoms with Crippen molar-refractivity contribution in [1.82, 2.24) is 4.90 Å². The van der Waals surface area contributed by atoms with Gasteiger partial charge in [-0.05, 0) is 24.2 Å². The standard InChI is InChI=1S/C16H29NO3/c1-12-6-4-3-5-7-13(12)14-10-17(8-9-20-2)11-15(14)16(18)19/h12-15H,3-11H2,1-2H3,(H,18,19)/t12?,13-,14?,15?/m1/s1. The number of aliphatic carboxylic acids is 1. The highest BCUT2D eigenvalue weighted by atomic mass is 16.5. The van der Waals surface area contributed by atoms with E-state index in [0.717, 1.165) is 13.1 Å². The zero-order valence-corrected chi connectivity index (χ0v) is 12.9. The minimum atomic E-state index is -0.605. The van der Waals surface area contributed by atoms with Gasteiger partial charge < -0.3 is 9.84 Å². The van der Waals surface area contributed by atoms with E-state index >= 15 is 0 Å². The molecule has 20 heavy (non-hydrogen) atoms. The predicted molar refractivity (Wildman–Crippen MR) is 78.7 cm³/mol. The Kier molecular flexibility index (Phi) is 5.85. The normalized spacial score (nSPS) is 35.9. The van der Waals surface area contributed by atoms with Crippen LogP contribution in [0.4, 0.5) is 0 Å². The van der Waals surface area contributed by atoms with Crippen molar-refractivity contribution < 1.29 is 14.6 Å². The Morgan fingerprint density at radius 1 is 1.20 bits per heavy atom. The molecular weight excluding hydrogens is 254 g/mol. The summed E-state index contributed by atoms with van der Waals surface area (Å²) in [5.74, 6) is 0.805. The number of carboxylic acids is 1. The molecule has 1 heterocycles. The molecule has 2 aliphatic rings. The van der Waals surface area contributed by atoms with Gasteiger partial charge in [-0.1, -0.05) is 32.6 Å². The maximum atomic E-state index is 11.6. The number of carboxylic acid groups (broad SMARTS) is 1. The van der Waals surface area contributed by atoms with Crippen LogP contribution in [0.15, 0.2) is 0 Å². The molecule has 0 bridgehead atoms. The number of methoxy groups -OCH3 is 1. The summed E-state index contributed by atoms with van der Waals surface area (Å²) < 4.78 is 5.13. The van der Waals surface area contributed by atoms with Crippen LogP contribution in [0, 0.1) is 23.7 Å². The molecule has 0 radical (unpaired) electrons. The second-order valence-corrected chi connectivity index (χ2v) is 6.64. The van der Waals surface area contributed by atoms with Crippen molar-refractivity contribution in [2.45, 2.75) is 39.0 Å². The molecule has 1 aliphatic carbocycles. The van der Waals surface area contributed by atoms with E-state index in [1.54, 1.807) is 7.11 Å². The van der Waals surface area contributed by atoms with Crippen LogP contribution < -0.4 is 0 Å². The quantitative estimate of drug-likeness (QED) is 0.788. The fraction of sp³-hybridized carbons (Fsp3) is 0.938. The summed E-state index contributed by atoms with van der Waals surface area (Å²) in [7, 11) is 1.70. The van der Waals surface area contributed by atoms with Crippen LogP contribution in [0.1, 0.15) is 39.0 Å². The Morgan fingerprint density at radius 3 is 2.65 bits per heavy atom. The van der Waals surface area contributed by atoms with Crippen LogP contribution in [0.25, 0.3) is 0 Å². The highest BCUT2D eigenvalue weighted by molar-refractivity contribution is 5.71. The van der Waals surface area contributed by atoms with Crippen molar-refractivity contribution >= 4 is 5.97 Å². The molecule has 1 aliphatic heterocycles. The molecule has 2 fully saturated rings. The monoisotopic (exact) mass is 283 g/mol. The number of rotatable bonds is 5. The second-order valence-electron chi connectivity index (χ2n) is 6.64. The van der Waals surface area contributed by atoms with Gasteiger partial charge in [0.15, 0.2) is 0 Å². The number of nitrogens with zero attached hydrogens (tertiary/aromatic N) is 1. The molecule has 4 nitrogen and oxygen atoms in total. The molecule has 0 amide bonds. The first kappa shape index (κ1) is 15.8. The molecule has 116 valence electrons. The fourth-order valence-corrected chi connectivity index (χ4v) is 4.17. The van der Waals surface area contributed by atoms with Gasteiger partial charge >= 0.3 is 5.97 Å². The van der Waals surface area contributed by atoms with Gasteiger partial charge in [-0.3, -0.25) is 9.69 Å². The lowest BCUT2D eigenvalue weighted by molar-refractivity contribution is -0.143. The van der Waals surface area contributed by atoms with E-state index in [4.69, 9.17) is 4.74 Å². The van der Waals surface area contributed by atoms with Gasteiger partial charge in [0.1, 0.15) is 0 Å². The van der Waals surface area contributed by atoms with Crippen LogP contribution in [0.3, 0.4) is 0 Å². The van der Waals surface area contributed by atoms with E-state index < -0.39 is 5.97 Å². The maximum Gasteiger partial charge on any atom is 0.308 e. The summed E-state index contributed by atoms with van der Waals surface area (Å²) in [6, 6.07) is 0. The third kappa shape index (κ3) is 3.73. The van der Waals surface area contributed by atoms with E-state index in [2.05, 4.69) is 11.8 Å². The molecule has 0 aromatic carbocycles. The first-order valence-electron chi connectivity index (χ1n) is 8.07. The molecule has 4 atom stereocenters. The van der Waals surface area contributed by atoms with Crippen molar-refractivity contribution in [3.8, 4) is 0 Å². The van der Waals surface area contributed by atoms with Crippen molar-refractivity contribution in [2.24, 2.45) is 23.7 Å². The molecular formula is C16H29NO3. The Hall–Kier alpha value is -0.610. The lowest BCUT2D eigenvalue weighted by Gasteiger charge is -2.30. The topological polar surface area (TPSA) is 49.8 Å². The van der Waals surface area contributed by atoms with Gasteiger partial charge in [0.25, 0.3) is 0 Å². The van der Waals surface area contributed by atoms with Crippen molar-refractivity contribution in [3.63, 3.8) is 0 Å². The second kappa shape index (κ2) is 7.41. The van der Waals surface area contributed by atoms with Gasteiger partial charge in [0.2, 0.25) is 0 Å². The zero-order chi connectivity index (χ0) is 14.5. The summed E-state index contributed by atoms with van der Waals surface area (Å²) in [4.78, 5) is 13.9. The van der Waals surface area contributed by atoms with Crippen LogP contribution in [0.2, 0.25) is 0 Å². The maximum absolute atomic E-state index is 11.6. The number of carbonyl (C=O) groups is 1. The van der Waals surface area contributed by atoms with E-state index in [-0.39, 0.29) is 5.92 Å². The Bertz CT molecular complexity index is 321. The third-order valence-electron chi connectivity index (χ3n) is 5.35. The summed E-state index contributed by atoms with van der Waals surface area (Å²) in [5.41, 5.74) is 0. The number of ether oxygens (including phenoxy) is 1. The molecule has 2 rings (SSSR count). The smallest absolute Gasteiger partial charge is 0.308 e. The third-order valence-corrected chi connectivity index (χ3v) is 5.35. The SMILES string of the molecule is COCCN1CC(C(=O)O)C([C@@H]2CCCCCC2C)C1. The number of hydrogen-bond acceptors (Lipinski definition) is 3. The zero-order valence-electron chi connectivity index (χ0n) is 12.9. The van der Waals surface area contributed by atoms with Crippen LogP contribution in [-0.2, 0) is 9.53 Å². The van der Waals surface area contributed by atoms with Gasteiger partial charge in [-0.2, -0.15) is 0 Å². The number of likely N-dealkylation sites (tertiary alicyclic amines) is 1. The van der Waals surface area contributed by atoms with Crippen molar-refractivity contribution in [1.29, 1.82) is 0 Å². The van der Waals surface area contributed by atoms with E-state index in [0.29, 0.717) is 30.9 Å². The summed E-state index contributed by atoms with van der Waals surface area (Å²) >= 11 is 0. The first-order chi connectivity index (χ1) is 9.63. The molecule has 0 aromatic heterocycles. The highest BCUT2D eigenvalue weighted by Gasteiger charge is 2.43. The summed E-state index contributed by atoms with van der Waals surface area (Å²) in [6.07, 6.45) is 6.39. The average molecular weight is 283 g/mol. The average Bonchev–Trinajstić information content (AvgIpc) is 2.73. The van der Waals surface area contributed by atoms with Gasteiger partial charge in [0, 0.05) is 26.7 Å². The minimum absolute atomic E-state index is 0.183. The molecule has 4 heteroatoms. The van der Waals surface area contributed by atoms with E-state index in [1.807, 2.05) is 0 Å². The molecule has 0 spiro atoms. The molecule has 0 aromatic rings. The first-order valence-corrected chi connectivity index (χ1v) is 8.07. The molecule has 1 N–H and O–H groups in total. The van der Waals surface area contributed by atoms with Crippen molar-refractivity contribution in [3.05, 3.63) is 0 Å². The van der Waals surface area contributed by atoms with Gasteiger partial charge in [-0.25, -0.2) is 0 Å².